The molecule has 1 aliphatic rings. The van der Waals surface area contributed by atoms with Crippen molar-refractivity contribution in [2.75, 3.05) is 31.1 Å². The molecule has 1 aromatic heterocycles. The molecule has 0 radical (unpaired) electrons. The minimum atomic E-state index is 0.770. The Bertz CT molecular complexity index is 328. The molecule has 1 N–H and O–H groups in total. The van der Waals surface area contributed by atoms with Crippen molar-refractivity contribution in [3.8, 4) is 0 Å². The van der Waals surface area contributed by atoms with Crippen LogP contribution < -0.4 is 10.2 Å². The molecule has 0 amide bonds. The van der Waals surface area contributed by atoms with Gasteiger partial charge in [0.05, 0.1) is 0 Å². The van der Waals surface area contributed by atoms with E-state index in [2.05, 4.69) is 41.2 Å². The first-order valence-electron chi connectivity index (χ1n) is 6.68. The molecule has 1 aromatic rings. The van der Waals surface area contributed by atoms with Crippen molar-refractivity contribution >= 4 is 5.82 Å². The third-order valence-electron chi connectivity index (χ3n) is 3.48. The molecule has 1 atom stereocenters. The molecule has 0 aliphatic carbocycles. The average Bonchev–Trinajstić information content (AvgIpc) is 2.38. The molecule has 2 rings (SSSR count). The zero-order valence-corrected chi connectivity index (χ0v) is 10.9. The Labute approximate surface area is 104 Å². The Hall–Kier alpha value is -1.09. The van der Waals surface area contributed by atoms with E-state index in [1.54, 1.807) is 0 Å². The standard InChI is InChI=1S/C14H23N3/c1-3-17(11-13-5-4-8-15-10-13)14-7-6-12(2)9-16-14/h6-7,9,13,15H,3-5,8,10-11H2,1-2H3. The maximum absolute atomic E-state index is 4.52. The van der Waals surface area contributed by atoms with Crippen LogP contribution in [0.4, 0.5) is 5.82 Å². The summed E-state index contributed by atoms with van der Waals surface area (Å²) in [7, 11) is 0. The number of rotatable bonds is 4. The monoisotopic (exact) mass is 233 g/mol. The van der Waals surface area contributed by atoms with Crippen LogP contribution in [-0.2, 0) is 0 Å². The fourth-order valence-corrected chi connectivity index (χ4v) is 2.42. The van der Waals surface area contributed by atoms with E-state index in [9.17, 15) is 0 Å². The van der Waals surface area contributed by atoms with Gasteiger partial charge in [0.15, 0.2) is 0 Å². The largest absolute Gasteiger partial charge is 0.357 e. The summed E-state index contributed by atoms with van der Waals surface area (Å²) in [6.45, 7) is 8.79. The highest BCUT2D eigenvalue weighted by molar-refractivity contribution is 5.39. The average molecular weight is 233 g/mol. The second kappa shape index (κ2) is 6.01. The molecule has 17 heavy (non-hydrogen) atoms. The molecule has 2 heterocycles. The number of nitrogens with one attached hydrogen (secondary N) is 1. The van der Waals surface area contributed by atoms with Crippen molar-refractivity contribution in [3.63, 3.8) is 0 Å². The Balaban J connectivity index is 1.97. The lowest BCUT2D eigenvalue weighted by Crippen LogP contribution is -2.38. The zero-order chi connectivity index (χ0) is 12.1. The van der Waals surface area contributed by atoms with Gasteiger partial charge >= 0.3 is 0 Å². The fraction of sp³-hybridized carbons (Fsp3) is 0.643. The maximum atomic E-state index is 4.52. The minimum Gasteiger partial charge on any atom is -0.357 e. The summed E-state index contributed by atoms with van der Waals surface area (Å²) in [4.78, 5) is 6.91. The van der Waals surface area contributed by atoms with Gasteiger partial charge in [-0.25, -0.2) is 4.98 Å². The van der Waals surface area contributed by atoms with E-state index in [1.807, 2.05) is 6.20 Å². The van der Waals surface area contributed by atoms with Crippen molar-refractivity contribution in [2.24, 2.45) is 5.92 Å². The van der Waals surface area contributed by atoms with Crippen LogP contribution in [0.3, 0.4) is 0 Å². The summed E-state index contributed by atoms with van der Waals surface area (Å²) in [5, 5.41) is 3.48. The predicted molar refractivity (Wildman–Crippen MR) is 72.5 cm³/mol. The van der Waals surface area contributed by atoms with E-state index >= 15 is 0 Å². The molecule has 3 nitrogen and oxygen atoms in total. The van der Waals surface area contributed by atoms with Crippen LogP contribution in [-0.4, -0.2) is 31.2 Å². The SMILES string of the molecule is CCN(CC1CCCNC1)c1ccc(C)cn1. The van der Waals surface area contributed by atoms with E-state index in [0.29, 0.717) is 0 Å². The lowest BCUT2D eigenvalue weighted by Gasteiger charge is -2.30. The summed E-state index contributed by atoms with van der Waals surface area (Å²) >= 11 is 0. The molecule has 0 spiro atoms. The molecular weight excluding hydrogens is 210 g/mol. The van der Waals surface area contributed by atoms with Crippen molar-refractivity contribution in [3.05, 3.63) is 23.9 Å². The molecule has 1 fully saturated rings. The number of pyridine rings is 1. The Morgan fingerprint density at radius 1 is 1.47 bits per heavy atom. The van der Waals surface area contributed by atoms with Crippen LogP contribution in [0.1, 0.15) is 25.3 Å². The Morgan fingerprint density at radius 3 is 2.94 bits per heavy atom. The highest BCUT2D eigenvalue weighted by atomic mass is 15.2. The third kappa shape index (κ3) is 3.43. The number of nitrogens with zero attached hydrogens (tertiary/aromatic N) is 2. The maximum Gasteiger partial charge on any atom is 0.128 e. The van der Waals surface area contributed by atoms with Gasteiger partial charge in [0, 0.05) is 19.3 Å². The van der Waals surface area contributed by atoms with Crippen LogP contribution in [0.25, 0.3) is 0 Å². The summed E-state index contributed by atoms with van der Waals surface area (Å²) in [6, 6.07) is 4.28. The van der Waals surface area contributed by atoms with Gasteiger partial charge in [0.2, 0.25) is 0 Å². The van der Waals surface area contributed by atoms with Crippen molar-refractivity contribution in [1.29, 1.82) is 0 Å². The molecular formula is C14H23N3. The molecule has 1 unspecified atom stereocenters. The molecule has 0 aromatic carbocycles. The number of anilines is 1. The summed E-state index contributed by atoms with van der Waals surface area (Å²) in [5.41, 5.74) is 1.23. The van der Waals surface area contributed by atoms with Crippen LogP contribution in [0.2, 0.25) is 0 Å². The second-order valence-corrected chi connectivity index (χ2v) is 4.94. The van der Waals surface area contributed by atoms with Crippen LogP contribution in [0.15, 0.2) is 18.3 Å². The quantitative estimate of drug-likeness (QED) is 0.864. The van der Waals surface area contributed by atoms with E-state index < -0.39 is 0 Å². The molecule has 0 bridgehead atoms. The minimum absolute atomic E-state index is 0.770. The number of piperidine rings is 1. The van der Waals surface area contributed by atoms with Gasteiger partial charge in [-0.2, -0.15) is 0 Å². The first-order chi connectivity index (χ1) is 8.29. The van der Waals surface area contributed by atoms with Gasteiger partial charge < -0.3 is 10.2 Å². The fourth-order valence-electron chi connectivity index (χ4n) is 2.42. The van der Waals surface area contributed by atoms with Crippen molar-refractivity contribution in [1.82, 2.24) is 10.3 Å². The highest BCUT2D eigenvalue weighted by Gasteiger charge is 2.16. The van der Waals surface area contributed by atoms with E-state index in [0.717, 1.165) is 31.4 Å². The smallest absolute Gasteiger partial charge is 0.128 e. The third-order valence-corrected chi connectivity index (χ3v) is 3.48. The van der Waals surface area contributed by atoms with Gasteiger partial charge in [-0.05, 0) is 57.3 Å². The first-order valence-corrected chi connectivity index (χ1v) is 6.68. The van der Waals surface area contributed by atoms with Crippen molar-refractivity contribution in [2.45, 2.75) is 26.7 Å². The lowest BCUT2D eigenvalue weighted by molar-refractivity contribution is 0.377. The topological polar surface area (TPSA) is 28.2 Å². The number of hydrogen-bond donors (Lipinski definition) is 1. The van der Waals surface area contributed by atoms with Gasteiger partial charge in [-0.1, -0.05) is 6.07 Å². The second-order valence-electron chi connectivity index (χ2n) is 4.94. The first kappa shape index (κ1) is 12.4. The zero-order valence-electron chi connectivity index (χ0n) is 10.9. The van der Waals surface area contributed by atoms with Crippen LogP contribution in [0.5, 0.6) is 0 Å². The van der Waals surface area contributed by atoms with E-state index in [4.69, 9.17) is 0 Å². The Morgan fingerprint density at radius 2 is 2.35 bits per heavy atom. The number of hydrogen-bond acceptors (Lipinski definition) is 3. The predicted octanol–water partition coefficient (Wildman–Crippen LogP) is 2.22. The Kier molecular flexibility index (Phi) is 4.37. The summed E-state index contributed by atoms with van der Waals surface area (Å²) in [6.07, 6.45) is 4.61. The lowest BCUT2D eigenvalue weighted by atomic mass is 9.99. The van der Waals surface area contributed by atoms with E-state index in [-0.39, 0.29) is 0 Å². The van der Waals surface area contributed by atoms with Gasteiger partial charge in [0.1, 0.15) is 5.82 Å². The van der Waals surface area contributed by atoms with Crippen molar-refractivity contribution < 1.29 is 0 Å². The van der Waals surface area contributed by atoms with Crippen LogP contribution in [0, 0.1) is 12.8 Å². The summed E-state index contributed by atoms with van der Waals surface area (Å²) < 4.78 is 0. The van der Waals surface area contributed by atoms with Gasteiger partial charge in [0.25, 0.3) is 0 Å². The normalized spacial score (nSPS) is 20.2. The summed E-state index contributed by atoms with van der Waals surface area (Å²) in [5.74, 6) is 1.88. The molecule has 1 aliphatic heterocycles. The molecule has 94 valence electrons. The van der Waals surface area contributed by atoms with E-state index in [1.165, 1.54) is 24.9 Å². The van der Waals surface area contributed by atoms with Gasteiger partial charge in [-0.15, -0.1) is 0 Å². The number of aryl methyl sites for hydroxylation is 1. The molecule has 1 saturated heterocycles. The van der Waals surface area contributed by atoms with Gasteiger partial charge in [-0.3, -0.25) is 0 Å². The number of aromatic nitrogens is 1. The highest BCUT2D eigenvalue weighted by Crippen LogP contribution is 2.16. The molecule has 0 saturated carbocycles. The molecule has 3 heteroatoms. The van der Waals surface area contributed by atoms with Crippen LogP contribution >= 0.6 is 0 Å².